The zero-order valence-corrected chi connectivity index (χ0v) is 14.5. The number of unbranched alkanes of at least 4 members (excludes halogenated alkanes) is 4. The molecule has 0 unspecified atom stereocenters. The lowest BCUT2D eigenvalue weighted by atomic mass is 10.1. The Labute approximate surface area is 147 Å². The van der Waals surface area contributed by atoms with Crippen LogP contribution in [0.4, 0.5) is 0 Å². The number of aromatic nitrogens is 3. The van der Waals surface area contributed by atoms with Crippen molar-refractivity contribution in [2.24, 2.45) is 0 Å². The third-order valence-electron chi connectivity index (χ3n) is 4.33. The molecular weight excluding hydrogens is 314 g/mol. The van der Waals surface area contributed by atoms with E-state index in [1.807, 2.05) is 18.5 Å². The topological polar surface area (TPSA) is 67.9 Å². The number of aromatic amines is 1. The minimum absolute atomic E-state index is 0.622. The van der Waals surface area contributed by atoms with E-state index in [-0.39, 0.29) is 0 Å². The number of rotatable bonds is 9. The van der Waals surface area contributed by atoms with Crippen molar-refractivity contribution in [3.63, 3.8) is 0 Å². The third-order valence-corrected chi connectivity index (χ3v) is 4.33. The van der Waals surface area contributed by atoms with Gasteiger partial charge in [-0.25, -0.2) is 9.97 Å². The maximum atomic E-state index is 10.3. The van der Waals surface area contributed by atoms with Gasteiger partial charge in [0.25, 0.3) is 0 Å². The van der Waals surface area contributed by atoms with Crippen molar-refractivity contribution in [1.29, 1.82) is 0 Å². The van der Waals surface area contributed by atoms with Crippen LogP contribution in [0.5, 0.6) is 5.88 Å². The van der Waals surface area contributed by atoms with E-state index in [9.17, 15) is 4.79 Å². The number of hydrogen-bond acceptors (Lipinski definition) is 4. The number of aldehydes is 1. The van der Waals surface area contributed by atoms with Crippen LogP contribution < -0.4 is 4.74 Å². The Kier molecular flexibility index (Phi) is 5.77. The van der Waals surface area contributed by atoms with Crippen molar-refractivity contribution in [1.82, 2.24) is 15.0 Å². The summed E-state index contributed by atoms with van der Waals surface area (Å²) in [5, 5.41) is 2.18. The quantitative estimate of drug-likeness (QED) is 0.466. The lowest BCUT2D eigenvalue weighted by Gasteiger charge is -2.04. The van der Waals surface area contributed by atoms with Gasteiger partial charge in [-0.3, -0.25) is 0 Å². The Hall–Kier alpha value is -2.69. The van der Waals surface area contributed by atoms with Gasteiger partial charge >= 0.3 is 0 Å². The van der Waals surface area contributed by atoms with Crippen molar-refractivity contribution in [3.8, 4) is 17.1 Å². The molecule has 0 atom stereocenters. The first kappa shape index (κ1) is 17.1. The maximum Gasteiger partial charge on any atom is 0.213 e. The number of methoxy groups -OCH3 is 1. The predicted octanol–water partition coefficient (Wildman–Crippen LogP) is 4.33. The minimum atomic E-state index is 0.622. The largest absolute Gasteiger partial charge is 0.481 e. The average Bonchev–Trinajstić information content (AvgIpc) is 3.12. The van der Waals surface area contributed by atoms with Crippen LogP contribution in [0.3, 0.4) is 0 Å². The molecule has 5 nitrogen and oxygen atoms in total. The molecule has 0 saturated carbocycles. The number of aryl methyl sites for hydroxylation is 1. The van der Waals surface area contributed by atoms with Gasteiger partial charge in [0, 0.05) is 36.1 Å². The standard InChI is InChI=1S/C20H23N3O2/c1-25-20-12-15-8-9-16(11-17(15)13-22-20)18-14-21-19(23-18)7-5-3-2-4-6-10-24/h8-14H,2-7H2,1H3,(H,21,23). The van der Waals surface area contributed by atoms with E-state index in [2.05, 4.69) is 33.2 Å². The molecule has 0 aliphatic rings. The van der Waals surface area contributed by atoms with Gasteiger partial charge in [-0.1, -0.05) is 25.0 Å². The molecule has 2 heterocycles. The summed E-state index contributed by atoms with van der Waals surface area (Å²) in [7, 11) is 1.62. The van der Waals surface area contributed by atoms with Gasteiger partial charge in [-0.15, -0.1) is 0 Å². The first-order chi connectivity index (χ1) is 12.3. The van der Waals surface area contributed by atoms with Gasteiger partial charge in [0.15, 0.2) is 0 Å². The fourth-order valence-electron chi connectivity index (χ4n) is 2.91. The van der Waals surface area contributed by atoms with Crippen LogP contribution in [0.2, 0.25) is 0 Å². The monoisotopic (exact) mass is 337 g/mol. The summed E-state index contributed by atoms with van der Waals surface area (Å²) in [5.74, 6) is 1.63. The number of hydrogen-bond donors (Lipinski definition) is 1. The highest BCUT2D eigenvalue weighted by Crippen LogP contribution is 2.25. The van der Waals surface area contributed by atoms with Gasteiger partial charge in [0.1, 0.15) is 12.1 Å². The fourth-order valence-corrected chi connectivity index (χ4v) is 2.91. The van der Waals surface area contributed by atoms with E-state index in [1.54, 1.807) is 7.11 Å². The summed E-state index contributed by atoms with van der Waals surface area (Å²) in [5.41, 5.74) is 2.12. The molecule has 0 aliphatic heterocycles. The van der Waals surface area contributed by atoms with Gasteiger partial charge in [0.2, 0.25) is 5.88 Å². The number of carbonyl (C=O) groups is 1. The molecule has 1 aromatic carbocycles. The first-order valence-corrected chi connectivity index (χ1v) is 8.72. The molecule has 130 valence electrons. The molecule has 2 aromatic heterocycles. The highest BCUT2D eigenvalue weighted by molar-refractivity contribution is 5.86. The summed E-state index contributed by atoms with van der Waals surface area (Å²) in [4.78, 5) is 22.4. The Morgan fingerprint density at radius 3 is 2.76 bits per heavy atom. The SMILES string of the molecule is COc1cc2ccc(-c3cnc(CCCCCCC=O)[nH]3)cc2cn1. The zero-order valence-electron chi connectivity index (χ0n) is 14.5. The number of nitrogens with zero attached hydrogens (tertiary/aromatic N) is 2. The van der Waals surface area contributed by atoms with Crippen LogP contribution in [-0.4, -0.2) is 28.3 Å². The van der Waals surface area contributed by atoms with Crippen LogP contribution in [-0.2, 0) is 11.2 Å². The lowest BCUT2D eigenvalue weighted by molar-refractivity contribution is -0.107. The van der Waals surface area contributed by atoms with Crippen LogP contribution in [0.15, 0.2) is 36.7 Å². The van der Waals surface area contributed by atoms with Gasteiger partial charge in [-0.2, -0.15) is 0 Å². The molecule has 1 N–H and O–H groups in total. The van der Waals surface area contributed by atoms with Crippen molar-refractivity contribution in [2.45, 2.75) is 38.5 Å². The van der Waals surface area contributed by atoms with E-state index in [4.69, 9.17) is 4.74 Å². The molecule has 0 spiro atoms. The molecule has 25 heavy (non-hydrogen) atoms. The van der Waals surface area contributed by atoms with Crippen molar-refractivity contribution in [2.75, 3.05) is 7.11 Å². The second kappa shape index (κ2) is 8.42. The second-order valence-corrected chi connectivity index (χ2v) is 6.15. The minimum Gasteiger partial charge on any atom is -0.481 e. The number of H-pyrrole nitrogens is 1. The molecule has 0 amide bonds. The van der Waals surface area contributed by atoms with Crippen molar-refractivity contribution in [3.05, 3.63) is 42.5 Å². The first-order valence-electron chi connectivity index (χ1n) is 8.72. The van der Waals surface area contributed by atoms with E-state index >= 15 is 0 Å². The fraction of sp³-hybridized carbons (Fsp3) is 0.350. The third kappa shape index (κ3) is 4.44. The van der Waals surface area contributed by atoms with E-state index in [0.717, 1.165) is 66.2 Å². The normalized spacial score (nSPS) is 10.9. The van der Waals surface area contributed by atoms with Crippen LogP contribution in [0.25, 0.3) is 22.0 Å². The Morgan fingerprint density at radius 2 is 1.92 bits per heavy atom. The summed E-state index contributed by atoms with van der Waals surface area (Å²) < 4.78 is 5.16. The van der Waals surface area contributed by atoms with E-state index in [0.29, 0.717) is 12.3 Å². The molecule has 3 aromatic rings. The summed E-state index contributed by atoms with van der Waals surface area (Å²) >= 11 is 0. The zero-order chi connectivity index (χ0) is 17.5. The number of pyridine rings is 1. The van der Waals surface area contributed by atoms with E-state index in [1.165, 1.54) is 0 Å². The van der Waals surface area contributed by atoms with Crippen LogP contribution in [0.1, 0.15) is 37.9 Å². The van der Waals surface area contributed by atoms with Gasteiger partial charge in [0.05, 0.1) is 19.0 Å². The second-order valence-electron chi connectivity index (χ2n) is 6.15. The van der Waals surface area contributed by atoms with Gasteiger partial charge < -0.3 is 14.5 Å². The number of nitrogens with one attached hydrogen (secondary N) is 1. The number of fused-ring (bicyclic) bond motifs is 1. The molecule has 0 fully saturated rings. The smallest absolute Gasteiger partial charge is 0.213 e. The van der Waals surface area contributed by atoms with Crippen molar-refractivity contribution < 1.29 is 9.53 Å². The Balaban J connectivity index is 1.63. The summed E-state index contributed by atoms with van der Waals surface area (Å²) in [6.07, 6.45) is 10.6. The van der Waals surface area contributed by atoms with E-state index < -0.39 is 0 Å². The van der Waals surface area contributed by atoms with Crippen LogP contribution in [0, 0.1) is 0 Å². The molecule has 5 heteroatoms. The Morgan fingerprint density at radius 1 is 1.04 bits per heavy atom. The summed E-state index contributed by atoms with van der Waals surface area (Å²) in [6.45, 7) is 0. The molecular formula is C20H23N3O2. The maximum absolute atomic E-state index is 10.3. The molecule has 0 bridgehead atoms. The molecule has 0 saturated heterocycles. The van der Waals surface area contributed by atoms with Gasteiger partial charge in [-0.05, 0) is 24.3 Å². The highest BCUT2D eigenvalue weighted by atomic mass is 16.5. The number of benzene rings is 1. The molecule has 3 rings (SSSR count). The predicted molar refractivity (Wildman–Crippen MR) is 98.7 cm³/mol. The number of ether oxygens (including phenoxy) is 1. The van der Waals surface area contributed by atoms with Crippen LogP contribution >= 0.6 is 0 Å². The van der Waals surface area contributed by atoms with Crippen molar-refractivity contribution >= 4 is 17.1 Å². The molecule has 0 radical (unpaired) electrons. The summed E-state index contributed by atoms with van der Waals surface area (Å²) in [6, 6.07) is 8.20. The number of carbonyl (C=O) groups excluding carboxylic acids is 1. The highest BCUT2D eigenvalue weighted by Gasteiger charge is 2.05. The average molecular weight is 337 g/mol. The Bertz CT molecular complexity index is 842. The lowest BCUT2D eigenvalue weighted by Crippen LogP contribution is -1.89. The number of imidazole rings is 1. The molecule has 0 aliphatic carbocycles.